The van der Waals surface area contributed by atoms with Gasteiger partial charge in [-0.2, -0.15) is 0 Å². The average Bonchev–Trinajstić information content (AvgIpc) is 3.48. The van der Waals surface area contributed by atoms with E-state index < -0.39 is 10.0 Å². The number of ether oxygens (including phenoxy) is 1. The van der Waals surface area contributed by atoms with Crippen molar-refractivity contribution in [2.75, 3.05) is 24.2 Å². The van der Waals surface area contributed by atoms with Crippen LogP contribution in [0.5, 0.6) is 0 Å². The van der Waals surface area contributed by atoms with Crippen LogP contribution < -0.4 is 4.72 Å². The second kappa shape index (κ2) is 9.92. The molecule has 0 fully saturated rings. The van der Waals surface area contributed by atoms with Crippen LogP contribution >= 0.6 is 0 Å². The number of hydrogen-bond acceptors (Lipinski definition) is 6. The van der Waals surface area contributed by atoms with E-state index in [2.05, 4.69) is 14.7 Å². The second-order valence-electron chi connectivity index (χ2n) is 8.36. The number of nitrogens with one attached hydrogen (secondary N) is 1. The Morgan fingerprint density at radius 3 is 2.33 bits per heavy atom. The monoisotopic (exact) mass is 502 g/mol. The smallest absolute Gasteiger partial charge is 0.234 e. The summed E-state index contributed by atoms with van der Waals surface area (Å²) >= 11 is 0. The Kier molecular flexibility index (Phi) is 6.53. The van der Waals surface area contributed by atoms with Gasteiger partial charge in [0.1, 0.15) is 5.52 Å². The van der Waals surface area contributed by atoms with Gasteiger partial charge in [0.25, 0.3) is 0 Å². The van der Waals surface area contributed by atoms with E-state index in [0.717, 1.165) is 22.3 Å². The summed E-state index contributed by atoms with van der Waals surface area (Å²) in [5.74, 6) is 0.926. The zero-order valence-electron chi connectivity index (χ0n) is 20.0. The van der Waals surface area contributed by atoms with Crippen LogP contribution in [0.3, 0.4) is 0 Å². The molecule has 1 N–H and O–H groups in total. The van der Waals surface area contributed by atoms with Crippen LogP contribution in [0.15, 0.2) is 79.3 Å². The SMILES string of the molecule is COCCCS(=O)(=O)Nc1nc(-c2nccn2C)nn2cc(-c3ccccc3)c(-c3ccccc3)c12. The Morgan fingerprint density at radius 2 is 1.69 bits per heavy atom. The summed E-state index contributed by atoms with van der Waals surface area (Å²) in [5.41, 5.74) is 4.21. The van der Waals surface area contributed by atoms with Gasteiger partial charge in [-0.25, -0.2) is 22.9 Å². The Morgan fingerprint density at radius 1 is 1.00 bits per heavy atom. The molecule has 0 spiro atoms. The highest BCUT2D eigenvalue weighted by molar-refractivity contribution is 7.92. The maximum atomic E-state index is 13.1. The van der Waals surface area contributed by atoms with Gasteiger partial charge in [0.15, 0.2) is 11.6 Å². The van der Waals surface area contributed by atoms with Crippen LogP contribution in [0, 0.1) is 0 Å². The zero-order valence-corrected chi connectivity index (χ0v) is 20.8. The predicted molar refractivity (Wildman–Crippen MR) is 140 cm³/mol. The molecular formula is C26H26N6O3S. The number of benzene rings is 2. The van der Waals surface area contributed by atoms with Crippen molar-refractivity contribution in [2.45, 2.75) is 6.42 Å². The van der Waals surface area contributed by atoms with Crippen molar-refractivity contribution in [3.8, 4) is 33.9 Å². The molecule has 0 unspecified atom stereocenters. The van der Waals surface area contributed by atoms with E-state index in [1.54, 1.807) is 28.6 Å². The lowest BCUT2D eigenvalue weighted by atomic mass is 9.98. The number of imidazole rings is 1. The minimum absolute atomic E-state index is 0.0956. The predicted octanol–water partition coefficient (Wildman–Crippen LogP) is 4.24. The molecule has 2 aromatic carbocycles. The molecule has 5 rings (SSSR count). The van der Waals surface area contributed by atoms with Gasteiger partial charge in [0.05, 0.1) is 5.75 Å². The third-order valence-electron chi connectivity index (χ3n) is 5.81. The van der Waals surface area contributed by atoms with Crippen molar-refractivity contribution in [3.63, 3.8) is 0 Å². The number of sulfonamides is 1. The Hall–Kier alpha value is -4.02. The molecule has 0 atom stereocenters. The van der Waals surface area contributed by atoms with Crippen molar-refractivity contribution in [2.24, 2.45) is 7.05 Å². The topological polar surface area (TPSA) is 103 Å². The van der Waals surface area contributed by atoms with Gasteiger partial charge in [0, 0.05) is 50.5 Å². The largest absolute Gasteiger partial charge is 0.385 e. The highest BCUT2D eigenvalue weighted by Crippen LogP contribution is 2.39. The number of anilines is 1. The molecule has 0 bridgehead atoms. The van der Waals surface area contributed by atoms with E-state index >= 15 is 0 Å². The van der Waals surface area contributed by atoms with Gasteiger partial charge in [0.2, 0.25) is 15.8 Å². The molecule has 36 heavy (non-hydrogen) atoms. The quantitative estimate of drug-likeness (QED) is 0.302. The normalized spacial score (nSPS) is 11.7. The first-order chi connectivity index (χ1) is 17.5. The number of aryl methyl sites for hydroxylation is 1. The minimum Gasteiger partial charge on any atom is -0.385 e. The van der Waals surface area contributed by atoms with Gasteiger partial charge in [-0.1, -0.05) is 60.7 Å². The zero-order chi connectivity index (χ0) is 25.1. The molecule has 9 nitrogen and oxygen atoms in total. The molecule has 0 aliphatic rings. The summed E-state index contributed by atoms with van der Waals surface area (Å²) in [5, 5.41) is 4.74. The van der Waals surface area contributed by atoms with E-state index in [1.807, 2.05) is 73.9 Å². The number of aromatic nitrogens is 5. The average molecular weight is 503 g/mol. The van der Waals surface area contributed by atoms with Crippen LogP contribution in [-0.4, -0.2) is 52.0 Å². The Bertz CT molecular complexity index is 1600. The van der Waals surface area contributed by atoms with E-state index in [-0.39, 0.29) is 11.6 Å². The van der Waals surface area contributed by atoms with Gasteiger partial charge in [-0.3, -0.25) is 4.72 Å². The number of fused-ring (bicyclic) bond motifs is 1. The minimum atomic E-state index is -3.71. The molecule has 184 valence electrons. The van der Waals surface area contributed by atoms with Crippen LogP contribution in [-0.2, 0) is 21.8 Å². The standard InChI is InChI=1S/C26H26N6O3S/c1-31-15-14-27-26(31)25-28-24(30-36(33,34)17-9-16-35-2)23-22(20-12-7-4-8-13-20)21(18-32(23)29-25)19-10-5-3-6-11-19/h3-8,10-15,18H,9,16-17H2,1-2H3,(H,28,29,30). The summed E-state index contributed by atoms with van der Waals surface area (Å²) in [6.45, 7) is 0.344. The maximum absolute atomic E-state index is 13.1. The van der Waals surface area contributed by atoms with Crippen molar-refractivity contribution in [1.29, 1.82) is 0 Å². The van der Waals surface area contributed by atoms with Crippen molar-refractivity contribution >= 4 is 21.4 Å². The first-order valence-electron chi connectivity index (χ1n) is 11.5. The number of nitrogens with zero attached hydrogens (tertiary/aromatic N) is 5. The first kappa shape index (κ1) is 23.7. The first-order valence-corrected chi connectivity index (χ1v) is 13.1. The number of rotatable bonds is 9. The molecule has 3 heterocycles. The molecule has 0 aliphatic heterocycles. The molecule has 0 aliphatic carbocycles. The van der Waals surface area contributed by atoms with E-state index in [9.17, 15) is 8.42 Å². The summed E-state index contributed by atoms with van der Waals surface area (Å²) in [7, 11) is -0.324. The van der Waals surface area contributed by atoms with Gasteiger partial charge in [-0.15, -0.1) is 5.10 Å². The summed E-state index contributed by atoms with van der Waals surface area (Å²) in [6.07, 6.45) is 5.71. The van der Waals surface area contributed by atoms with Crippen molar-refractivity contribution in [1.82, 2.24) is 24.1 Å². The molecule has 5 aromatic rings. The molecule has 0 saturated carbocycles. The third-order valence-corrected chi connectivity index (χ3v) is 7.14. The van der Waals surface area contributed by atoms with E-state index in [0.29, 0.717) is 30.2 Å². The third kappa shape index (κ3) is 4.73. The fraction of sp³-hybridized carbons (Fsp3) is 0.192. The highest BCUT2D eigenvalue weighted by atomic mass is 32.2. The summed E-state index contributed by atoms with van der Waals surface area (Å²) in [6, 6.07) is 19.8. The van der Waals surface area contributed by atoms with Crippen molar-refractivity contribution in [3.05, 3.63) is 79.3 Å². The van der Waals surface area contributed by atoms with Crippen molar-refractivity contribution < 1.29 is 13.2 Å². The van der Waals surface area contributed by atoms with E-state index in [1.165, 1.54) is 0 Å². The fourth-order valence-corrected chi connectivity index (χ4v) is 5.19. The molecular weight excluding hydrogens is 476 g/mol. The lowest BCUT2D eigenvalue weighted by Crippen LogP contribution is -2.20. The molecule has 3 aromatic heterocycles. The van der Waals surface area contributed by atoms with Gasteiger partial charge < -0.3 is 9.30 Å². The van der Waals surface area contributed by atoms with Gasteiger partial charge >= 0.3 is 0 Å². The van der Waals surface area contributed by atoms with Crippen LogP contribution in [0.2, 0.25) is 0 Å². The van der Waals surface area contributed by atoms with Gasteiger partial charge in [-0.05, 0) is 17.5 Å². The van der Waals surface area contributed by atoms with E-state index in [4.69, 9.17) is 9.84 Å². The highest BCUT2D eigenvalue weighted by Gasteiger charge is 2.24. The Labute approximate surface area is 209 Å². The number of methoxy groups -OCH3 is 1. The molecule has 0 radical (unpaired) electrons. The Balaban J connectivity index is 1.78. The lowest BCUT2D eigenvalue weighted by Gasteiger charge is -2.12. The maximum Gasteiger partial charge on any atom is 0.234 e. The molecule has 10 heteroatoms. The lowest BCUT2D eigenvalue weighted by molar-refractivity contribution is 0.199. The number of hydrogen-bond donors (Lipinski definition) is 1. The molecule has 0 amide bonds. The second-order valence-corrected chi connectivity index (χ2v) is 10.2. The molecule has 0 saturated heterocycles. The van der Waals surface area contributed by atoms with Crippen LogP contribution in [0.4, 0.5) is 5.82 Å². The van der Waals surface area contributed by atoms with Crippen LogP contribution in [0.25, 0.3) is 39.4 Å². The summed E-state index contributed by atoms with van der Waals surface area (Å²) < 4.78 is 37.3. The fourth-order valence-electron chi connectivity index (χ4n) is 4.15. The van der Waals surface area contributed by atoms with Crippen LogP contribution in [0.1, 0.15) is 6.42 Å². The summed E-state index contributed by atoms with van der Waals surface area (Å²) in [4.78, 5) is 9.04.